The Morgan fingerprint density at radius 2 is 2.21 bits per heavy atom. The molecule has 0 radical (unpaired) electrons. The zero-order chi connectivity index (χ0) is 14.0. The lowest BCUT2D eigenvalue weighted by Crippen LogP contribution is -2.37. The average molecular weight is 303 g/mol. The van der Waals surface area contributed by atoms with Crippen LogP contribution in [0.4, 0.5) is 0 Å². The Hall–Kier alpha value is -0.430. The van der Waals surface area contributed by atoms with E-state index in [1.54, 1.807) is 6.07 Å². The van der Waals surface area contributed by atoms with Crippen molar-refractivity contribution in [3.63, 3.8) is 0 Å². The van der Waals surface area contributed by atoms with Crippen molar-refractivity contribution in [3.05, 3.63) is 16.5 Å². The normalized spacial score (nSPS) is 24.6. The maximum Gasteiger partial charge on any atom is 0.250 e. The van der Waals surface area contributed by atoms with E-state index in [1.165, 1.54) is 6.42 Å². The van der Waals surface area contributed by atoms with Gasteiger partial charge in [-0.25, -0.2) is 13.1 Å². The van der Waals surface area contributed by atoms with Crippen molar-refractivity contribution in [2.24, 2.45) is 5.92 Å². The van der Waals surface area contributed by atoms with Gasteiger partial charge in [-0.1, -0.05) is 19.8 Å². The van der Waals surface area contributed by atoms with Gasteiger partial charge in [0.2, 0.25) is 10.0 Å². The Kier molecular flexibility index (Phi) is 4.66. The Bertz CT molecular complexity index is 536. The molecule has 1 fully saturated rings. The molecule has 1 aromatic rings. The van der Waals surface area contributed by atoms with E-state index in [4.69, 9.17) is 5.11 Å². The Morgan fingerprint density at radius 1 is 1.47 bits per heavy atom. The van der Waals surface area contributed by atoms with E-state index >= 15 is 0 Å². The lowest BCUT2D eigenvalue weighted by molar-refractivity contribution is 0.285. The monoisotopic (exact) mass is 303 g/mol. The molecule has 0 amide bonds. The first-order valence-corrected chi connectivity index (χ1v) is 8.95. The summed E-state index contributed by atoms with van der Waals surface area (Å²) in [6.45, 7) is 3.88. The highest BCUT2D eigenvalue weighted by molar-refractivity contribution is 7.91. The van der Waals surface area contributed by atoms with E-state index in [2.05, 4.69) is 11.6 Å². The first-order valence-electron chi connectivity index (χ1n) is 6.65. The molecule has 0 spiro atoms. The molecule has 0 bridgehead atoms. The highest BCUT2D eigenvalue weighted by Gasteiger charge is 2.26. The minimum absolute atomic E-state index is 0.0498. The Balaban J connectivity index is 2.13. The van der Waals surface area contributed by atoms with Gasteiger partial charge in [0.25, 0.3) is 0 Å². The minimum Gasteiger partial charge on any atom is -0.391 e. The predicted molar refractivity (Wildman–Crippen MR) is 76.7 cm³/mol. The van der Waals surface area contributed by atoms with Gasteiger partial charge in [-0.15, -0.1) is 11.3 Å². The highest BCUT2D eigenvalue weighted by Crippen LogP contribution is 2.28. The minimum atomic E-state index is -3.44. The average Bonchev–Trinajstić information content (AvgIpc) is 2.71. The molecule has 0 aliphatic heterocycles. The second-order valence-electron chi connectivity index (χ2n) is 5.42. The fourth-order valence-electron chi connectivity index (χ4n) is 2.60. The summed E-state index contributed by atoms with van der Waals surface area (Å²) in [5, 5.41) is 9.15. The molecule has 0 aromatic carbocycles. The standard InChI is InChI=1S/C13H21NO3S2/c1-9-4-3-5-11(6-9)14-19(16,17)13-7-10(2)12(8-15)18-13/h7,9,11,14-15H,3-6,8H2,1-2H3. The molecule has 6 heteroatoms. The van der Waals surface area contributed by atoms with Crippen molar-refractivity contribution in [3.8, 4) is 0 Å². The van der Waals surface area contributed by atoms with Crippen LogP contribution in [0.5, 0.6) is 0 Å². The molecule has 2 atom stereocenters. The van der Waals surface area contributed by atoms with Crippen LogP contribution >= 0.6 is 11.3 Å². The van der Waals surface area contributed by atoms with Crippen molar-refractivity contribution in [2.75, 3.05) is 0 Å². The summed E-state index contributed by atoms with van der Waals surface area (Å²) in [7, 11) is -3.44. The third kappa shape index (κ3) is 3.56. The second-order valence-corrected chi connectivity index (χ2v) is 8.50. The summed E-state index contributed by atoms with van der Waals surface area (Å²) in [6.07, 6.45) is 4.10. The maximum absolute atomic E-state index is 12.3. The maximum atomic E-state index is 12.3. The van der Waals surface area contributed by atoms with E-state index in [0.717, 1.165) is 41.0 Å². The summed E-state index contributed by atoms with van der Waals surface area (Å²) in [6, 6.07) is 1.69. The van der Waals surface area contributed by atoms with Gasteiger partial charge >= 0.3 is 0 Å². The fraction of sp³-hybridized carbons (Fsp3) is 0.692. The molecule has 1 aromatic heterocycles. The number of thiophene rings is 1. The van der Waals surface area contributed by atoms with Gasteiger partial charge in [-0.3, -0.25) is 0 Å². The molecule has 1 heterocycles. The van der Waals surface area contributed by atoms with Crippen LogP contribution in [0.25, 0.3) is 0 Å². The van der Waals surface area contributed by atoms with Crippen LogP contribution in [0.1, 0.15) is 43.0 Å². The second kappa shape index (κ2) is 5.91. The summed E-state index contributed by atoms with van der Waals surface area (Å²) >= 11 is 1.16. The van der Waals surface area contributed by atoms with Crippen LogP contribution in [0.2, 0.25) is 0 Å². The zero-order valence-corrected chi connectivity index (χ0v) is 13.0. The molecule has 19 heavy (non-hydrogen) atoms. The summed E-state index contributed by atoms with van der Waals surface area (Å²) < 4.78 is 27.7. The molecule has 2 unspecified atom stereocenters. The van der Waals surface area contributed by atoms with Gasteiger partial charge in [-0.2, -0.15) is 0 Å². The van der Waals surface area contributed by atoms with Crippen LogP contribution in [0.3, 0.4) is 0 Å². The molecule has 1 aliphatic carbocycles. The number of aryl methyl sites for hydroxylation is 1. The summed E-state index contributed by atoms with van der Waals surface area (Å²) in [5.74, 6) is 0.583. The number of aliphatic hydroxyl groups excluding tert-OH is 1. The third-order valence-electron chi connectivity index (χ3n) is 3.66. The van der Waals surface area contributed by atoms with Crippen LogP contribution < -0.4 is 4.72 Å². The molecule has 108 valence electrons. The molecule has 2 rings (SSSR count). The lowest BCUT2D eigenvalue weighted by Gasteiger charge is -2.26. The van der Waals surface area contributed by atoms with Crippen LogP contribution in [-0.2, 0) is 16.6 Å². The van der Waals surface area contributed by atoms with Crippen molar-refractivity contribution >= 4 is 21.4 Å². The highest BCUT2D eigenvalue weighted by atomic mass is 32.2. The van der Waals surface area contributed by atoms with Crippen LogP contribution in [0, 0.1) is 12.8 Å². The summed E-state index contributed by atoms with van der Waals surface area (Å²) in [5.41, 5.74) is 0.838. The van der Waals surface area contributed by atoms with E-state index in [9.17, 15) is 8.42 Å². The smallest absolute Gasteiger partial charge is 0.250 e. The summed E-state index contributed by atoms with van der Waals surface area (Å²) in [4.78, 5) is 0.720. The molecule has 0 saturated heterocycles. The lowest BCUT2D eigenvalue weighted by atomic mass is 9.88. The Labute approximate surface area is 118 Å². The first kappa shape index (κ1) is 15.0. The quantitative estimate of drug-likeness (QED) is 0.897. The Morgan fingerprint density at radius 3 is 2.79 bits per heavy atom. The number of aliphatic hydroxyl groups is 1. The number of hydrogen-bond donors (Lipinski definition) is 2. The fourth-order valence-corrected chi connectivity index (χ4v) is 5.35. The zero-order valence-electron chi connectivity index (χ0n) is 11.3. The van der Waals surface area contributed by atoms with Crippen LogP contribution in [0.15, 0.2) is 10.3 Å². The van der Waals surface area contributed by atoms with E-state index < -0.39 is 10.0 Å². The van der Waals surface area contributed by atoms with Crippen molar-refractivity contribution < 1.29 is 13.5 Å². The van der Waals surface area contributed by atoms with Crippen molar-refractivity contribution in [1.29, 1.82) is 0 Å². The topological polar surface area (TPSA) is 66.4 Å². The van der Waals surface area contributed by atoms with Gasteiger partial charge in [0.15, 0.2) is 0 Å². The largest absolute Gasteiger partial charge is 0.391 e. The van der Waals surface area contributed by atoms with E-state index in [0.29, 0.717) is 10.1 Å². The SMILES string of the molecule is Cc1cc(S(=O)(=O)NC2CCCC(C)C2)sc1CO. The van der Waals surface area contributed by atoms with Crippen LogP contribution in [-0.4, -0.2) is 19.6 Å². The number of rotatable bonds is 4. The molecular weight excluding hydrogens is 282 g/mol. The van der Waals surface area contributed by atoms with E-state index in [1.807, 2.05) is 6.92 Å². The molecule has 1 saturated carbocycles. The number of nitrogens with one attached hydrogen (secondary N) is 1. The number of hydrogen-bond acceptors (Lipinski definition) is 4. The van der Waals surface area contributed by atoms with Gasteiger partial charge in [0, 0.05) is 10.9 Å². The predicted octanol–water partition coefficient (Wildman–Crippen LogP) is 2.41. The molecule has 2 N–H and O–H groups in total. The molecule has 4 nitrogen and oxygen atoms in total. The van der Waals surface area contributed by atoms with Gasteiger partial charge < -0.3 is 5.11 Å². The van der Waals surface area contributed by atoms with Gasteiger partial charge in [0.1, 0.15) is 4.21 Å². The first-order chi connectivity index (χ1) is 8.92. The molecule has 1 aliphatic rings. The van der Waals surface area contributed by atoms with Crippen molar-refractivity contribution in [1.82, 2.24) is 4.72 Å². The van der Waals surface area contributed by atoms with Gasteiger partial charge in [-0.05, 0) is 37.3 Å². The van der Waals surface area contributed by atoms with Crippen molar-refractivity contribution in [2.45, 2.75) is 56.4 Å². The number of sulfonamides is 1. The van der Waals surface area contributed by atoms with E-state index in [-0.39, 0.29) is 12.6 Å². The molecular formula is C13H21NO3S2. The third-order valence-corrected chi connectivity index (χ3v) is 6.88. The van der Waals surface area contributed by atoms with Gasteiger partial charge in [0.05, 0.1) is 6.61 Å².